The van der Waals surface area contributed by atoms with E-state index in [4.69, 9.17) is 14.2 Å². The van der Waals surface area contributed by atoms with Crippen molar-refractivity contribution in [3.63, 3.8) is 0 Å². The van der Waals surface area contributed by atoms with Gasteiger partial charge in [0.15, 0.2) is 5.78 Å². The van der Waals surface area contributed by atoms with Crippen molar-refractivity contribution in [2.24, 2.45) is 17.8 Å². The second-order valence-corrected chi connectivity index (χ2v) is 17.1. The first-order valence-corrected chi connectivity index (χ1v) is 19.3. The highest BCUT2D eigenvalue weighted by Gasteiger charge is 2.62. The number of amides is 2. The van der Waals surface area contributed by atoms with Crippen LogP contribution in [0.3, 0.4) is 0 Å². The number of ether oxygens (including phenoxy) is 3. The van der Waals surface area contributed by atoms with Crippen LogP contribution in [0.15, 0.2) is 11.8 Å². The van der Waals surface area contributed by atoms with Gasteiger partial charge >= 0.3 is 6.09 Å². The summed E-state index contributed by atoms with van der Waals surface area (Å²) in [5, 5.41) is 6.01. The first-order chi connectivity index (χ1) is 23.5. The lowest BCUT2D eigenvalue weighted by molar-refractivity contribution is -0.220. The van der Waals surface area contributed by atoms with Gasteiger partial charge in [-0.2, -0.15) is 0 Å². The van der Waals surface area contributed by atoms with Gasteiger partial charge in [-0.15, -0.1) is 0 Å². The maximum Gasteiger partial charge on any atom is 0.407 e. The molecular weight excluding hydrogens is 629 g/mol. The van der Waals surface area contributed by atoms with E-state index in [-0.39, 0.29) is 54.0 Å². The van der Waals surface area contributed by atoms with Crippen LogP contribution in [-0.2, 0) is 23.8 Å². The number of nitrogens with zero attached hydrogens (tertiary/aromatic N) is 3. The maximum atomic E-state index is 16.7. The van der Waals surface area contributed by atoms with Gasteiger partial charge in [0.25, 0.3) is 5.91 Å². The number of morpholine rings is 1. The quantitative estimate of drug-likeness (QED) is 0.408. The number of Topliss-reactive ketones (excluding diaryl/α,β-unsaturated/α-hetero) is 1. The molecule has 2 amide bonds. The molecule has 272 valence electrons. The molecule has 3 saturated carbocycles. The Morgan fingerprint density at radius 2 is 1.73 bits per heavy atom. The summed E-state index contributed by atoms with van der Waals surface area (Å²) in [6.45, 7) is 9.95. The van der Waals surface area contributed by atoms with Crippen LogP contribution in [-0.4, -0.2) is 132 Å². The summed E-state index contributed by atoms with van der Waals surface area (Å²) in [6.07, 6.45) is 9.31. The molecule has 3 aliphatic carbocycles. The molecule has 7 fully saturated rings. The molecule has 0 radical (unpaired) electrons. The molecule has 12 heteroatoms. The molecule has 4 saturated heterocycles. The zero-order valence-electron chi connectivity index (χ0n) is 29.5. The molecule has 2 N–H and O–H groups in total. The highest BCUT2D eigenvalue weighted by molar-refractivity contribution is 6.20. The number of likely N-dealkylation sites (tertiary alicyclic amines) is 2. The summed E-state index contributed by atoms with van der Waals surface area (Å²) in [5.74, 6) is -0.328. The molecule has 0 aromatic heterocycles. The van der Waals surface area contributed by atoms with Crippen molar-refractivity contribution in [3.8, 4) is 0 Å². The summed E-state index contributed by atoms with van der Waals surface area (Å²) in [4.78, 5) is 47.1. The molecule has 11 nitrogen and oxygen atoms in total. The minimum absolute atomic E-state index is 0.0392. The second kappa shape index (κ2) is 13.4. The Labute approximate surface area is 290 Å². The first-order valence-electron chi connectivity index (χ1n) is 19.3. The third-order valence-corrected chi connectivity index (χ3v) is 12.9. The van der Waals surface area contributed by atoms with E-state index in [1.165, 1.54) is 32.1 Å². The predicted octanol–water partition coefficient (Wildman–Crippen LogP) is 3.16. The number of carbonyl (C=O) groups excluding carboxylic acids is 3. The monoisotopic (exact) mass is 685 g/mol. The van der Waals surface area contributed by atoms with E-state index in [0.717, 1.165) is 38.9 Å². The van der Waals surface area contributed by atoms with E-state index < -0.39 is 35.9 Å². The third kappa shape index (κ3) is 6.53. The molecule has 0 aromatic rings. The number of hydrogen-bond donors (Lipinski definition) is 2. The van der Waals surface area contributed by atoms with Crippen LogP contribution in [0.1, 0.15) is 85.0 Å². The Morgan fingerprint density at radius 3 is 2.53 bits per heavy atom. The smallest absolute Gasteiger partial charge is 0.407 e. The summed E-state index contributed by atoms with van der Waals surface area (Å²) >= 11 is 0. The fourth-order valence-electron chi connectivity index (χ4n) is 10.9. The Balaban J connectivity index is 1.05. The van der Waals surface area contributed by atoms with Crippen LogP contribution in [0.2, 0.25) is 0 Å². The summed E-state index contributed by atoms with van der Waals surface area (Å²) < 4.78 is 36.0. The van der Waals surface area contributed by atoms with Crippen molar-refractivity contribution < 1.29 is 33.0 Å². The van der Waals surface area contributed by atoms with E-state index in [0.29, 0.717) is 44.0 Å². The number of fused-ring (bicyclic) bond motifs is 5. The summed E-state index contributed by atoms with van der Waals surface area (Å²) in [6, 6.07) is -1.11. The van der Waals surface area contributed by atoms with E-state index in [1.807, 2.05) is 27.0 Å². The lowest BCUT2D eigenvalue weighted by atomic mass is 9.67. The van der Waals surface area contributed by atoms with E-state index in [1.54, 1.807) is 0 Å². The number of rotatable bonds is 6. The Kier molecular flexibility index (Phi) is 9.23. The van der Waals surface area contributed by atoms with Gasteiger partial charge in [0.2, 0.25) is 0 Å². The first kappa shape index (κ1) is 33.8. The van der Waals surface area contributed by atoms with Gasteiger partial charge in [-0.05, 0) is 97.1 Å². The van der Waals surface area contributed by atoms with Crippen molar-refractivity contribution in [2.45, 2.75) is 145 Å². The van der Waals surface area contributed by atoms with Crippen LogP contribution in [0.4, 0.5) is 9.18 Å². The van der Waals surface area contributed by atoms with Gasteiger partial charge in [0.05, 0.1) is 48.1 Å². The lowest BCUT2D eigenvalue weighted by Crippen LogP contribution is -2.73. The van der Waals surface area contributed by atoms with Crippen molar-refractivity contribution in [1.29, 1.82) is 0 Å². The SMILES string of the molecule is CC(C)(C)OC(=O)NC1CCN(C2C(F)CC3C(=O)C(C(=O)NCCN4CCCC4)=CN4C5CC6OC7CCCCC7C6CC5OC2C34)C1. The molecule has 8 rings (SSSR count). The van der Waals surface area contributed by atoms with E-state index >= 15 is 4.39 Å². The zero-order chi connectivity index (χ0) is 34.0. The summed E-state index contributed by atoms with van der Waals surface area (Å²) in [7, 11) is 0. The molecular formula is C37H56FN5O6. The molecule has 49 heavy (non-hydrogen) atoms. The number of ketones is 1. The average molecular weight is 686 g/mol. The Bertz CT molecular complexity index is 1320. The normalized spacial score (nSPS) is 42.1. The number of carbonyl (C=O) groups is 3. The number of alkyl carbamates (subject to hydrolysis) is 1. The van der Waals surface area contributed by atoms with Crippen LogP contribution in [0.5, 0.6) is 0 Å². The minimum Gasteiger partial charge on any atom is -0.444 e. The Morgan fingerprint density at radius 1 is 0.939 bits per heavy atom. The summed E-state index contributed by atoms with van der Waals surface area (Å²) in [5.41, 5.74) is -0.453. The predicted molar refractivity (Wildman–Crippen MR) is 179 cm³/mol. The van der Waals surface area contributed by atoms with Gasteiger partial charge in [-0.1, -0.05) is 12.8 Å². The molecule has 5 heterocycles. The second-order valence-electron chi connectivity index (χ2n) is 17.1. The van der Waals surface area contributed by atoms with Crippen LogP contribution in [0.25, 0.3) is 0 Å². The Hall–Kier alpha value is -2.28. The topological polar surface area (TPSA) is 113 Å². The third-order valence-electron chi connectivity index (χ3n) is 12.9. The molecule has 8 aliphatic rings. The molecule has 0 bridgehead atoms. The molecule has 12 atom stereocenters. The fraction of sp³-hybridized carbons (Fsp3) is 0.865. The average Bonchev–Trinajstić information content (AvgIpc) is 3.81. The van der Waals surface area contributed by atoms with Gasteiger partial charge < -0.3 is 34.6 Å². The molecule has 12 unspecified atom stereocenters. The number of hydrogen-bond acceptors (Lipinski definition) is 9. The van der Waals surface area contributed by atoms with Crippen LogP contribution >= 0.6 is 0 Å². The number of nitrogens with one attached hydrogen (secondary N) is 2. The van der Waals surface area contributed by atoms with Gasteiger partial charge in [0.1, 0.15) is 11.8 Å². The van der Waals surface area contributed by atoms with Crippen molar-refractivity contribution in [3.05, 3.63) is 11.8 Å². The standard InChI is InChI=1S/C37H56FN5O6/c1-37(2,3)49-36(46)40-21-10-14-42(19-21)32-26(38)16-24-31-34(32)48-30-17-23-22-8-4-5-9-28(22)47-29(23)18-27(30)43(31)20-25(33(24)44)35(45)39-11-15-41-12-6-7-13-41/h20-24,26-32,34H,4-19H2,1-3H3,(H,39,45)(H,40,46). The minimum atomic E-state index is -1.31. The van der Waals surface area contributed by atoms with Crippen LogP contribution in [0, 0.1) is 17.8 Å². The zero-order valence-corrected chi connectivity index (χ0v) is 29.5. The number of halogens is 1. The molecule has 5 aliphatic heterocycles. The van der Waals surface area contributed by atoms with Crippen molar-refractivity contribution >= 4 is 17.8 Å². The van der Waals surface area contributed by atoms with Crippen LogP contribution < -0.4 is 10.6 Å². The highest BCUT2D eigenvalue weighted by Crippen LogP contribution is 2.53. The van der Waals surface area contributed by atoms with E-state index in [9.17, 15) is 14.4 Å². The highest BCUT2D eigenvalue weighted by atomic mass is 19.1. The lowest BCUT2D eigenvalue weighted by Gasteiger charge is -2.61. The van der Waals surface area contributed by atoms with Gasteiger partial charge in [0, 0.05) is 44.3 Å². The maximum absolute atomic E-state index is 16.7. The van der Waals surface area contributed by atoms with Crippen molar-refractivity contribution in [2.75, 3.05) is 39.3 Å². The number of alkyl halides is 1. The van der Waals surface area contributed by atoms with Gasteiger partial charge in [-0.3, -0.25) is 14.5 Å². The fourth-order valence-corrected chi connectivity index (χ4v) is 10.9. The van der Waals surface area contributed by atoms with Gasteiger partial charge in [-0.25, -0.2) is 9.18 Å². The molecule has 0 aromatic carbocycles. The molecule has 0 spiro atoms. The largest absolute Gasteiger partial charge is 0.444 e. The van der Waals surface area contributed by atoms with Crippen molar-refractivity contribution in [1.82, 2.24) is 25.3 Å². The van der Waals surface area contributed by atoms with E-state index in [2.05, 4.69) is 25.3 Å².